The first-order valence-corrected chi connectivity index (χ1v) is 8.00. The molecule has 0 aromatic heterocycles. The smallest absolute Gasteiger partial charge is 0.229 e. The quantitative estimate of drug-likeness (QED) is 0.929. The Morgan fingerprint density at radius 1 is 1.28 bits per heavy atom. The van der Waals surface area contributed by atoms with Crippen molar-refractivity contribution in [2.45, 2.75) is 13.3 Å². The number of methoxy groups -OCH3 is 1. The normalized spacial score (nSPS) is 16.8. The molecule has 1 heterocycles. The number of hydrogen-bond acceptors (Lipinski definition) is 3. The third-order valence-corrected chi connectivity index (χ3v) is 4.31. The zero-order valence-electron chi connectivity index (χ0n) is 14.1. The molecule has 1 saturated heterocycles. The van der Waals surface area contributed by atoms with E-state index in [0.29, 0.717) is 22.7 Å². The van der Waals surface area contributed by atoms with Gasteiger partial charge >= 0.3 is 0 Å². The molecule has 2 amide bonds. The molecular formula is C19H19FN2O3. The van der Waals surface area contributed by atoms with Crippen molar-refractivity contribution >= 4 is 23.2 Å². The maximum Gasteiger partial charge on any atom is 0.229 e. The molecule has 0 aliphatic carbocycles. The van der Waals surface area contributed by atoms with Gasteiger partial charge in [-0.2, -0.15) is 0 Å². The van der Waals surface area contributed by atoms with Gasteiger partial charge in [-0.3, -0.25) is 9.59 Å². The SMILES string of the molecule is COc1ccccc1N1CC(C(=O)Nc2ccc(C)c(F)c2)CC1=O. The molecule has 3 rings (SSSR count). The summed E-state index contributed by atoms with van der Waals surface area (Å²) in [5.41, 5.74) is 1.54. The molecule has 1 N–H and O–H groups in total. The van der Waals surface area contributed by atoms with Crippen molar-refractivity contribution in [3.63, 3.8) is 0 Å². The molecule has 5 nitrogen and oxygen atoms in total. The lowest BCUT2D eigenvalue weighted by atomic mass is 10.1. The lowest BCUT2D eigenvalue weighted by molar-refractivity contribution is -0.122. The van der Waals surface area contributed by atoms with Gasteiger partial charge in [-0.15, -0.1) is 0 Å². The van der Waals surface area contributed by atoms with Crippen LogP contribution in [0.5, 0.6) is 5.75 Å². The number of carbonyl (C=O) groups excluding carboxylic acids is 2. The molecule has 0 spiro atoms. The monoisotopic (exact) mass is 342 g/mol. The predicted octanol–water partition coefficient (Wildman–Crippen LogP) is 3.13. The highest BCUT2D eigenvalue weighted by Gasteiger charge is 2.36. The largest absolute Gasteiger partial charge is 0.495 e. The molecule has 1 fully saturated rings. The molecule has 1 unspecified atom stereocenters. The fourth-order valence-corrected chi connectivity index (χ4v) is 2.88. The van der Waals surface area contributed by atoms with Gasteiger partial charge in [-0.1, -0.05) is 18.2 Å². The molecule has 130 valence electrons. The van der Waals surface area contributed by atoms with Gasteiger partial charge in [-0.05, 0) is 36.8 Å². The standard InChI is InChI=1S/C19H19FN2O3/c1-12-7-8-14(10-15(12)20)21-19(24)13-9-18(23)22(11-13)16-5-3-4-6-17(16)25-2/h3-8,10,13H,9,11H2,1-2H3,(H,21,24). The number of carbonyl (C=O) groups is 2. The Kier molecular flexibility index (Phi) is 4.70. The van der Waals surface area contributed by atoms with Crippen molar-refractivity contribution in [2.75, 3.05) is 23.9 Å². The maximum absolute atomic E-state index is 13.6. The van der Waals surface area contributed by atoms with Gasteiger partial charge in [0.1, 0.15) is 11.6 Å². The minimum Gasteiger partial charge on any atom is -0.495 e. The number of anilines is 2. The predicted molar refractivity (Wildman–Crippen MR) is 93.2 cm³/mol. The summed E-state index contributed by atoms with van der Waals surface area (Å²) in [5.74, 6) is -0.732. The fourth-order valence-electron chi connectivity index (χ4n) is 2.88. The van der Waals surface area contributed by atoms with Crippen LogP contribution in [0.3, 0.4) is 0 Å². The summed E-state index contributed by atoms with van der Waals surface area (Å²) in [4.78, 5) is 26.3. The number of nitrogens with one attached hydrogen (secondary N) is 1. The Balaban J connectivity index is 1.73. The van der Waals surface area contributed by atoms with Gasteiger partial charge in [-0.25, -0.2) is 4.39 Å². The highest BCUT2D eigenvalue weighted by Crippen LogP contribution is 2.33. The van der Waals surface area contributed by atoms with E-state index >= 15 is 0 Å². The van der Waals surface area contributed by atoms with E-state index in [-0.39, 0.29) is 30.6 Å². The van der Waals surface area contributed by atoms with Crippen LogP contribution in [0.1, 0.15) is 12.0 Å². The molecule has 2 aromatic rings. The molecule has 0 radical (unpaired) electrons. The van der Waals surface area contributed by atoms with Crippen LogP contribution < -0.4 is 15.0 Å². The lowest BCUT2D eigenvalue weighted by Gasteiger charge is -2.19. The molecule has 1 aliphatic rings. The van der Waals surface area contributed by atoms with E-state index in [9.17, 15) is 14.0 Å². The third kappa shape index (κ3) is 3.47. The summed E-state index contributed by atoms with van der Waals surface area (Å²) in [6.45, 7) is 1.92. The van der Waals surface area contributed by atoms with Crippen LogP contribution >= 0.6 is 0 Å². The minimum absolute atomic E-state index is 0.109. The average molecular weight is 342 g/mol. The van der Waals surface area contributed by atoms with E-state index < -0.39 is 5.92 Å². The zero-order chi connectivity index (χ0) is 18.0. The van der Waals surface area contributed by atoms with Crippen LogP contribution in [0, 0.1) is 18.7 Å². The number of ether oxygens (including phenoxy) is 1. The molecule has 25 heavy (non-hydrogen) atoms. The number of hydrogen-bond donors (Lipinski definition) is 1. The number of nitrogens with zero attached hydrogens (tertiary/aromatic N) is 1. The Bertz CT molecular complexity index is 822. The summed E-state index contributed by atoms with van der Waals surface area (Å²) in [7, 11) is 1.54. The summed E-state index contributed by atoms with van der Waals surface area (Å²) in [5, 5.41) is 2.68. The van der Waals surface area contributed by atoms with Crippen LogP contribution in [-0.2, 0) is 9.59 Å². The molecule has 2 aromatic carbocycles. The van der Waals surface area contributed by atoms with Crippen LogP contribution in [0.2, 0.25) is 0 Å². The molecular weight excluding hydrogens is 323 g/mol. The van der Waals surface area contributed by atoms with Crippen LogP contribution in [0.25, 0.3) is 0 Å². The summed E-state index contributed by atoms with van der Waals surface area (Å²) < 4.78 is 18.9. The van der Waals surface area contributed by atoms with Crippen LogP contribution in [0.4, 0.5) is 15.8 Å². The number of amides is 2. The summed E-state index contributed by atoms with van der Waals surface area (Å²) >= 11 is 0. The second kappa shape index (κ2) is 6.93. The van der Waals surface area contributed by atoms with Gasteiger partial charge in [0.05, 0.1) is 18.7 Å². The van der Waals surface area contributed by atoms with E-state index in [1.807, 2.05) is 12.1 Å². The minimum atomic E-state index is -0.498. The van der Waals surface area contributed by atoms with Crippen molar-refractivity contribution in [3.05, 3.63) is 53.8 Å². The first kappa shape index (κ1) is 17.0. The number of rotatable bonds is 4. The number of para-hydroxylation sites is 2. The first-order valence-electron chi connectivity index (χ1n) is 8.00. The second-order valence-corrected chi connectivity index (χ2v) is 6.03. The number of benzene rings is 2. The molecule has 0 bridgehead atoms. The van der Waals surface area contributed by atoms with E-state index in [1.165, 1.54) is 13.2 Å². The van der Waals surface area contributed by atoms with E-state index in [2.05, 4.69) is 5.32 Å². The van der Waals surface area contributed by atoms with Crippen molar-refractivity contribution < 1.29 is 18.7 Å². The maximum atomic E-state index is 13.6. The summed E-state index contributed by atoms with van der Waals surface area (Å²) in [6, 6.07) is 11.7. The summed E-state index contributed by atoms with van der Waals surface area (Å²) in [6.07, 6.45) is 0.109. The Morgan fingerprint density at radius 3 is 2.76 bits per heavy atom. The number of aryl methyl sites for hydroxylation is 1. The van der Waals surface area contributed by atoms with E-state index in [0.717, 1.165) is 0 Å². The van der Waals surface area contributed by atoms with Gasteiger partial charge in [0.25, 0.3) is 0 Å². The Labute approximate surface area is 145 Å². The molecule has 1 aliphatic heterocycles. The van der Waals surface area contributed by atoms with Crippen LogP contribution in [0.15, 0.2) is 42.5 Å². The van der Waals surface area contributed by atoms with Crippen molar-refractivity contribution in [3.8, 4) is 5.75 Å². The van der Waals surface area contributed by atoms with Gasteiger partial charge in [0, 0.05) is 18.7 Å². The number of halogens is 1. The zero-order valence-corrected chi connectivity index (χ0v) is 14.1. The highest BCUT2D eigenvalue weighted by molar-refractivity contribution is 6.04. The van der Waals surface area contributed by atoms with Crippen LogP contribution in [-0.4, -0.2) is 25.5 Å². The lowest BCUT2D eigenvalue weighted by Crippen LogP contribution is -2.28. The Hall–Kier alpha value is -2.89. The van der Waals surface area contributed by atoms with Crippen molar-refractivity contribution in [2.24, 2.45) is 5.92 Å². The van der Waals surface area contributed by atoms with Gasteiger partial charge < -0.3 is 15.0 Å². The molecule has 0 saturated carbocycles. The third-order valence-electron chi connectivity index (χ3n) is 4.31. The Morgan fingerprint density at radius 2 is 2.04 bits per heavy atom. The fraction of sp³-hybridized carbons (Fsp3) is 0.263. The average Bonchev–Trinajstić information content (AvgIpc) is 3.00. The first-order chi connectivity index (χ1) is 12.0. The second-order valence-electron chi connectivity index (χ2n) is 6.03. The highest BCUT2D eigenvalue weighted by atomic mass is 19.1. The van der Waals surface area contributed by atoms with Gasteiger partial charge in [0.2, 0.25) is 11.8 Å². The van der Waals surface area contributed by atoms with E-state index in [1.54, 1.807) is 36.1 Å². The van der Waals surface area contributed by atoms with Crippen molar-refractivity contribution in [1.82, 2.24) is 0 Å². The topological polar surface area (TPSA) is 58.6 Å². The van der Waals surface area contributed by atoms with Crippen molar-refractivity contribution in [1.29, 1.82) is 0 Å². The van der Waals surface area contributed by atoms with E-state index in [4.69, 9.17) is 4.74 Å². The molecule has 1 atom stereocenters. The molecule has 6 heteroatoms. The van der Waals surface area contributed by atoms with Gasteiger partial charge in [0.15, 0.2) is 0 Å².